The lowest BCUT2D eigenvalue weighted by Crippen LogP contribution is -1.97. The summed E-state index contributed by atoms with van der Waals surface area (Å²) < 4.78 is 1.73. The fourth-order valence-electron chi connectivity index (χ4n) is 1.84. The van der Waals surface area contributed by atoms with Crippen LogP contribution in [-0.2, 0) is 20.1 Å². The average Bonchev–Trinajstić information content (AvgIpc) is 2.58. The minimum atomic E-state index is 0.0390. The van der Waals surface area contributed by atoms with Crippen LogP contribution in [0.25, 0.3) is 0 Å². The monoisotopic (exact) mass is 216 g/mol. The van der Waals surface area contributed by atoms with Crippen LogP contribution < -0.4 is 0 Å². The predicted molar refractivity (Wildman–Crippen MR) is 63.1 cm³/mol. The Hall–Kier alpha value is -1.61. The first-order chi connectivity index (χ1) is 7.69. The lowest BCUT2D eigenvalue weighted by Gasteiger charge is -1.99. The smallest absolute Gasteiger partial charge is 0.0849 e. The number of hydrogen-bond donors (Lipinski definition) is 1. The Morgan fingerprint density at radius 2 is 2.12 bits per heavy atom. The molecule has 0 fully saturated rings. The highest BCUT2D eigenvalue weighted by Gasteiger charge is 2.04. The third-order valence-corrected chi connectivity index (χ3v) is 2.66. The van der Waals surface area contributed by atoms with Gasteiger partial charge in [-0.2, -0.15) is 5.10 Å². The molecule has 0 amide bonds. The summed E-state index contributed by atoms with van der Waals surface area (Å²) in [6, 6.07) is 10.3. The molecule has 3 nitrogen and oxygen atoms in total. The number of aliphatic hydroxyl groups excluding tert-OH is 1. The molecule has 2 aromatic rings. The fraction of sp³-hybridized carbons (Fsp3) is 0.308. The second kappa shape index (κ2) is 4.49. The molecule has 1 aromatic carbocycles. The molecule has 0 saturated heterocycles. The zero-order valence-corrected chi connectivity index (χ0v) is 9.64. The van der Waals surface area contributed by atoms with Gasteiger partial charge in [-0.05, 0) is 18.6 Å². The Bertz CT molecular complexity index is 488. The lowest BCUT2D eigenvalue weighted by molar-refractivity contribution is 0.270. The minimum absolute atomic E-state index is 0.0390. The molecule has 1 aromatic heterocycles. The van der Waals surface area contributed by atoms with Crippen LogP contribution in [0.3, 0.4) is 0 Å². The Kier molecular flexibility index (Phi) is 3.06. The zero-order chi connectivity index (χ0) is 11.5. The van der Waals surface area contributed by atoms with E-state index in [0.29, 0.717) is 0 Å². The molecule has 0 saturated carbocycles. The quantitative estimate of drug-likeness (QED) is 0.849. The van der Waals surface area contributed by atoms with Crippen LogP contribution in [0.1, 0.15) is 22.5 Å². The van der Waals surface area contributed by atoms with Gasteiger partial charge in [0, 0.05) is 13.5 Å². The highest BCUT2D eigenvalue weighted by Crippen LogP contribution is 2.11. The second-order valence-corrected chi connectivity index (χ2v) is 4.07. The molecule has 16 heavy (non-hydrogen) atoms. The van der Waals surface area contributed by atoms with E-state index in [1.54, 1.807) is 4.68 Å². The molecular weight excluding hydrogens is 200 g/mol. The normalized spacial score (nSPS) is 10.7. The molecule has 0 radical (unpaired) electrons. The first-order valence-electron chi connectivity index (χ1n) is 5.37. The molecule has 0 unspecified atom stereocenters. The van der Waals surface area contributed by atoms with E-state index in [2.05, 4.69) is 36.3 Å². The van der Waals surface area contributed by atoms with Crippen molar-refractivity contribution in [2.24, 2.45) is 7.05 Å². The van der Waals surface area contributed by atoms with Crippen molar-refractivity contribution in [1.29, 1.82) is 0 Å². The van der Waals surface area contributed by atoms with Gasteiger partial charge in [0.1, 0.15) is 0 Å². The van der Waals surface area contributed by atoms with Crippen molar-refractivity contribution >= 4 is 0 Å². The number of rotatable bonds is 3. The zero-order valence-electron chi connectivity index (χ0n) is 9.64. The Morgan fingerprint density at radius 3 is 2.75 bits per heavy atom. The summed E-state index contributed by atoms with van der Waals surface area (Å²) in [6.45, 7) is 2.12. The summed E-state index contributed by atoms with van der Waals surface area (Å²) in [5.74, 6) is 0. The summed E-state index contributed by atoms with van der Waals surface area (Å²) in [5.41, 5.74) is 4.36. The third-order valence-electron chi connectivity index (χ3n) is 2.66. The van der Waals surface area contributed by atoms with Crippen molar-refractivity contribution in [3.63, 3.8) is 0 Å². The van der Waals surface area contributed by atoms with Gasteiger partial charge in [0.15, 0.2) is 0 Å². The molecule has 0 aliphatic carbocycles. The molecule has 0 aliphatic heterocycles. The van der Waals surface area contributed by atoms with E-state index in [1.165, 1.54) is 11.1 Å². The lowest BCUT2D eigenvalue weighted by atomic mass is 10.1. The highest BCUT2D eigenvalue weighted by molar-refractivity contribution is 5.26. The van der Waals surface area contributed by atoms with Gasteiger partial charge < -0.3 is 5.11 Å². The Labute approximate surface area is 95.3 Å². The molecule has 0 aliphatic rings. The van der Waals surface area contributed by atoms with Gasteiger partial charge in [-0.3, -0.25) is 4.68 Å². The van der Waals surface area contributed by atoms with E-state index < -0.39 is 0 Å². The number of nitrogens with zero attached hydrogens (tertiary/aromatic N) is 2. The summed E-state index contributed by atoms with van der Waals surface area (Å²) in [7, 11) is 1.85. The van der Waals surface area contributed by atoms with Crippen LogP contribution in [0.4, 0.5) is 0 Å². The molecule has 0 atom stereocenters. The van der Waals surface area contributed by atoms with E-state index in [-0.39, 0.29) is 6.61 Å². The average molecular weight is 216 g/mol. The Balaban J connectivity index is 2.20. The second-order valence-electron chi connectivity index (χ2n) is 4.07. The van der Waals surface area contributed by atoms with Crippen LogP contribution in [0.15, 0.2) is 30.3 Å². The molecule has 3 heteroatoms. The largest absolute Gasteiger partial charge is 0.390 e. The van der Waals surface area contributed by atoms with Crippen LogP contribution in [-0.4, -0.2) is 14.9 Å². The fourth-order valence-corrected chi connectivity index (χ4v) is 1.84. The van der Waals surface area contributed by atoms with E-state index in [1.807, 2.05) is 13.1 Å². The first kappa shape index (κ1) is 10.9. The van der Waals surface area contributed by atoms with Gasteiger partial charge in [-0.15, -0.1) is 0 Å². The summed E-state index contributed by atoms with van der Waals surface area (Å²) in [5, 5.41) is 13.4. The molecule has 1 heterocycles. The molecule has 1 N–H and O–H groups in total. The van der Waals surface area contributed by atoms with Crippen molar-refractivity contribution in [1.82, 2.24) is 9.78 Å². The van der Waals surface area contributed by atoms with E-state index >= 15 is 0 Å². The van der Waals surface area contributed by atoms with Crippen molar-refractivity contribution in [3.8, 4) is 0 Å². The SMILES string of the molecule is Cc1cccc(Cc2cc(CO)n(C)n2)c1. The minimum Gasteiger partial charge on any atom is -0.390 e. The van der Waals surface area contributed by atoms with Crippen molar-refractivity contribution in [2.75, 3.05) is 0 Å². The first-order valence-corrected chi connectivity index (χ1v) is 5.37. The summed E-state index contributed by atoms with van der Waals surface area (Å²) in [4.78, 5) is 0. The Morgan fingerprint density at radius 1 is 1.31 bits per heavy atom. The number of hydrogen-bond acceptors (Lipinski definition) is 2. The van der Waals surface area contributed by atoms with Gasteiger partial charge in [0.2, 0.25) is 0 Å². The van der Waals surface area contributed by atoms with Crippen molar-refractivity contribution in [3.05, 3.63) is 52.8 Å². The van der Waals surface area contributed by atoms with Crippen LogP contribution in [0.5, 0.6) is 0 Å². The van der Waals surface area contributed by atoms with Crippen LogP contribution in [0.2, 0.25) is 0 Å². The summed E-state index contributed by atoms with van der Waals surface area (Å²) in [6.07, 6.45) is 0.815. The topological polar surface area (TPSA) is 38.0 Å². The maximum Gasteiger partial charge on any atom is 0.0849 e. The van der Waals surface area contributed by atoms with Crippen molar-refractivity contribution < 1.29 is 5.11 Å². The maximum absolute atomic E-state index is 9.08. The van der Waals surface area contributed by atoms with Gasteiger partial charge in [-0.1, -0.05) is 29.8 Å². The third kappa shape index (κ3) is 2.31. The maximum atomic E-state index is 9.08. The van der Waals surface area contributed by atoms with Gasteiger partial charge in [0.05, 0.1) is 18.0 Å². The van der Waals surface area contributed by atoms with Gasteiger partial charge in [-0.25, -0.2) is 0 Å². The predicted octanol–water partition coefficient (Wildman–Crippen LogP) is 1.81. The van der Waals surface area contributed by atoms with E-state index in [0.717, 1.165) is 17.8 Å². The van der Waals surface area contributed by atoms with Crippen molar-refractivity contribution in [2.45, 2.75) is 20.0 Å². The molecular formula is C13H16N2O. The van der Waals surface area contributed by atoms with E-state index in [9.17, 15) is 0 Å². The molecule has 0 bridgehead atoms. The number of aryl methyl sites for hydroxylation is 2. The number of benzene rings is 1. The van der Waals surface area contributed by atoms with E-state index in [4.69, 9.17) is 5.11 Å². The standard InChI is InChI=1S/C13H16N2O/c1-10-4-3-5-11(6-10)7-12-8-13(9-16)15(2)14-12/h3-6,8,16H,7,9H2,1-2H3. The van der Waals surface area contributed by atoms with Gasteiger partial charge >= 0.3 is 0 Å². The summed E-state index contributed by atoms with van der Waals surface area (Å²) >= 11 is 0. The van der Waals surface area contributed by atoms with Crippen LogP contribution >= 0.6 is 0 Å². The number of aliphatic hydroxyl groups is 1. The van der Waals surface area contributed by atoms with Gasteiger partial charge in [0.25, 0.3) is 0 Å². The van der Waals surface area contributed by atoms with Crippen LogP contribution in [0, 0.1) is 6.92 Å². The molecule has 2 rings (SSSR count). The molecule has 0 spiro atoms. The number of aromatic nitrogens is 2. The molecule has 84 valence electrons. The highest BCUT2D eigenvalue weighted by atomic mass is 16.3.